The lowest BCUT2D eigenvalue weighted by molar-refractivity contribution is 1.09. The van der Waals surface area contributed by atoms with E-state index in [1.54, 1.807) is 0 Å². The minimum Gasteiger partial charge on any atom is -0.309 e. The molecule has 17 rings (SSSR count). The second-order valence-electron chi connectivity index (χ2n) is 23.2. The second kappa shape index (κ2) is 22.5. The van der Waals surface area contributed by atoms with Gasteiger partial charge in [0.05, 0.1) is 55.9 Å². The number of hydrogen-bond acceptors (Lipinski definition) is 4. The highest BCUT2D eigenvalue weighted by atomic mass is 15.0. The van der Waals surface area contributed by atoms with Crippen LogP contribution >= 0.6 is 0 Å². The molecule has 0 aliphatic carbocycles. The molecule has 0 radical (unpaired) electrons. The van der Waals surface area contributed by atoms with Crippen molar-refractivity contribution in [2.75, 3.05) is 0 Å². The summed E-state index contributed by atoms with van der Waals surface area (Å²) < 4.78 is 7.01. The minimum atomic E-state index is 0.433. The molecule has 0 amide bonds. The van der Waals surface area contributed by atoms with E-state index >= 15 is 0 Å². The molecule has 90 heavy (non-hydrogen) atoms. The Labute approximate surface area is 521 Å². The fourth-order valence-corrected chi connectivity index (χ4v) is 13.1. The first-order valence-corrected chi connectivity index (χ1v) is 30.6. The van der Waals surface area contributed by atoms with Gasteiger partial charge in [0, 0.05) is 71.6 Å². The average molecular weight is 1150 g/mol. The molecule has 7 nitrogen and oxygen atoms in total. The van der Waals surface area contributed by atoms with Gasteiger partial charge in [-0.3, -0.25) is 0 Å². The lowest BCUT2D eigenvalue weighted by atomic mass is 9.97. The lowest BCUT2D eigenvalue weighted by Gasteiger charge is -2.13. The van der Waals surface area contributed by atoms with Crippen LogP contribution in [-0.2, 0) is 0 Å². The quantitative estimate of drug-likeness (QED) is 0.144. The Balaban J connectivity index is 0.000000409. The summed E-state index contributed by atoms with van der Waals surface area (Å²) in [7, 11) is 0. The molecule has 5 aromatic heterocycles. The Morgan fingerprint density at radius 3 is 0.700 bits per heavy atom. The molecule has 0 unspecified atom stereocenters. The van der Waals surface area contributed by atoms with E-state index in [9.17, 15) is 0 Å². The van der Waals surface area contributed by atoms with Gasteiger partial charge in [-0.15, -0.1) is 0 Å². The van der Waals surface area contributed by atoms with Crippen LogP contribution in [0, 0.1) is 20.8 Å². The Bertz CT molecular complexity index is 5180. The van der Waals surface area contributed by atoms with E-state index < -0.39 is 0 Å². The maximum atomic E-state index is 5.36. The Kier molecular flexibility index (Phi) is 13.4. The van der Waals surface area contributed by atoms with Crippen molar-refractivity contribution < 1.29 is 0 Å². The van der Waals surface area contributed by atoms with Crippen LogP contribution in [-0.4, -0.2) is 33.6 Å². The van der Waals surface area contributed by atoms with Crippen LogP contribution in [0.4, 0.5) is 0 Å². The fourth-order valence-electron chi connectivity index (χ4n) is 13.1. The van der Waals surface area contributed by atoms with Crippen molar-refractivity contribution in [3.8, 4) is 84.9 Å². The minimum absolute atomic E-state index is 0.433. The molecule has 12 aromatic carbocycles. The summed E-state index contributed by atoms with van der Waals surface area (Å²) in [6, 6.07) is 107. The number of para-hydroxylation sites is 6. The summed E-state index contributed by atoms with van der Waals surface area (Å²) in [5.41, 5.74) is 23.6. The number of hydrogen-bond donors (Lipinski definition) is 0. The van der Waals surface area contributed by atoms with E-state index in [0.717, 1.165) is 95.2 Å². The molecule has 7 heteroatoms. The fraction of sp³-hybridized carbons (Fsp3) is 0.0361. The first-order valence-electron chi connectivity index (χ1n) is 30.6. The van der Waals surface area contributed by atoms with Crippen LogP contribution in [0.15, 0.2) is 303 Å². The molecule has 0 saturated carbocycles. The highest BCUT2D eigenvalue weighted by Gasteiger charge is 2.20. The molecule has 0 spiro atoms. The normalized spacial score (nSPS) is 11.5. The Hall–Kier alpha value is -11.8. The van der Waals surface area contributed by atoms with Crippen LogP contribution in [0.1, 0.15) is 16.7 Å². The van der Waals surface area contributed by atoms with Gasteiger partial charge in [0.25, 0.3) is 0 Å². The van der Waals surface area contributed by atoms with Crippen LogP contribution in [0.5, 0.6) is 0 Å². The molecular weight excluding hydrogens is 1090 g/mol. The molecule has 17 aromatic rings. The summed E-state index contributed by atoms with van der Waals surface area (Å²) in [6.45, 7) is 6.41. The molecule has 0 N–H and O–H groups in total. The predicted octanol–water partition coefficient (Wildman–Crippen LogP) is 21.2. The molecule has 426 valence electrons. The Morgan fingerprint density at radius 2 is 0.444 bits per heavy atom. The summed E-state index contributed by atoms with van der Waals surface area (Å²) >= 11 is 0. The number of fused-ring (bicyclic) bond motifs is 9. The SMILES string of the molecule is Cc1ccc(-c2cc(-c3ccc(-n4c5ccccc5c5ccccc54)cc3)nc(-c3nc(-c4ccc(-n5c6ccccc6c6ccccc65)cc4)cc(-c4ccc(-n5c6ccccc6c6ccccc65)cc4)n3)n2)cc1.Cc1ccccc1-c1ccccc1C. The van der Waals surface area contributed by atoms with Crippen molar-refractivity contribution >= 4 is 65.4 Å². The van der Waals surface area contributed by atoms with E-state index in [4.69, 9.17) is 19.9 Å². The van der Waals surface area contributed by atoms with E-state index in [-0.39, 0.29) is 0 Å². The van der Waals surface area contributed by atoms with E-state index in [0.29, 0.717) is 11.6 Å². The van der Waals surface area contributed by atoms with E-state index in [1.165, 1.54) is 60.1 Å². The topological polar surface area (TPSA) is 66.3 Å². The van der Waals surface area contributed by atoms with Crippen molar-refractivity contribution in [1.82, 2.24) is 33.6 Å². The summed E-state index contributed by atoms with van der Waals surface area (Å²) in [6.07, 6.45) is 0. The van der Waals surface area contributed by atoms with Crippen LogP contribution in [0.2, 0.25) is 0 Å². The zero-order valence-electron chi connectivity index (χ0n) is 50.0. The highest BCUT2D eigenvalue weighted by molar-refractivity contribution is 6.11. The molecule has 0 aliphatic heterocycles. The number of nitrogens with zero attached hydrogens (tertiary/aromatic N) is 7. The number of aryl methyl sites for hydroxylation is 3. The predicted molar refractivity (Wildman–Crippen MR) is 374 cm³/mol. The van der Waals surface area contributed by atoms with Crippen LogP contribution in [0.3, 0.4) is 0 Å². The molecule has 0 saturated heterocycles. The highest BCUT2D eigenvalue weighted by Crippen LogP contribution is 2.38. The average Bonchev–Trinajstić information content (AvgIpc) is 1.63. The maximum absolute atomic E-state index is 5.36. The summed E-state index contributed by atoms with van der Waals surface area (Å²) in [4.78, 5) is 21.3. The molecule has 0 atom stereocenters. The Morgan fingerprint density at radius 1 is 0.222 bits per heavy atom. The van der Waals surface area contributed by atoms with Crippen molar-refractivity contribution in [2.24, 2.45) is 0 Å². The third-order valence-corrected chi connectivity index (χ3v) is 17.6. The number of rotatable bonds is 9. The monoisotopic (exact) mass is 1150 g/mol. The van der Waals surface area contributed by atoms with Gasteiger partial charge in [0.15, 0.2) is 11.6 Å². The van der Waals surface area contributed by atoms with Crippen LogP contribution in [0.25, 0.3) is 150 Å². The van der Waals surface area contributed by atoms with Gasteiger partial charge in [-0.2, -0.15) is 0 Å². The first-order chi connectivity index (χ1) is 44.4. The van der Waals surface area contributed by atoms with Gasteiger partial charge in [-0.05, 0) is 128 Å². The smallest absolute Gasteiger partial charge is 0.198 e. The third-order valence-electron chi connectivity index (χ3n) is 17.6. The summed E-state index contributed by atoms with van der Waals surface area (Å²) in [5.74, 6) is 0.869. The van der Waals surface area contributed by atoms with E-state index in [1.807, 2.05) is 0 Å². The van der Waals surface area contributed by atoms with Crippen molar-refractivity contribution in [2.45, 2.75) is 20.8 Å². The second-order valence-corrected chi connectivity index (χ2v) is 23.2. The molecule has 0 fully saturated rings. The van der Waals surface area contributed by atoms with E-state index in [2.05, 4.69) is 338 Å². The molecule has 5 heterocycles. The third kappa shape index (κ3) is 9.57. The van der Waals surface area contributed by atoms with Gasteiger partial charge in [-0.1, -0.05) is 224 Å². The molecular formula is C83H59N7. The number of benzene rings is 12. The zero-order chi connectivity index (χ0) is 60.2. The standard InChI is InChI=1S/C69H45N7.C14H14/c1-44-26-28-45(29-27-44)58-42-59(46-30-36-49(37-31-46)74-62-20-8-2-14-52(62)53-15-3-9-21-63(53)74)71-68(70-58)69-72-60(47-32-38-50(39-33-47)75-64-22-10-4-16-54(64)55-17-5-11-23-65(55)75)43-61(73-69)48-34-40-51(41-35-48)76-66-24-12-6-18-56(66)57-19-7-13-25-67(57)76;1-11-7-3-5-9-13(11)14-10-6-4-8-12(14)2/h2-43H,1H3;3-10H,1-2H3. The largest absolute Gasteiger partial charge is 0.309 e. The van der Waals surface area contributed by atoms with Gasteiger partial charge >= 0.3 is 0 Å². The zero-order valence-corrected chi connectivity index (χ0v) is 50.0. The van der Waals surface area contributed by atoms with Gasteiger partial charge < -0.3 is 13.7 Å². The van der Waals surface area contributed by atoms with Crippen molar-refractivity contribution in [1.29, 1.82) is 0 Å². The van der Waals surface area contributed by atoms with Gasteiger partial charge in [-0.25, -0.2) is 19.9 Å². The molecule has 0 aliphatic rings. The van der Waals surface area contributed by atoms with Crippen LogP contribution < -0.4 is 0 Å². The summed E-state index contributed by atoms with van der Waals surface area (Å²) in [5, 5.41) is 7.35. The van der Waals surface area contributed by atoms with Crippen molar-refractivity contribution in [3.05, 3.63) is 320 Å². The van der Waals surface area contributed by atoms with Crippen molar-refractivity contribution in [3.63, 3.8) is 0 Å². The number of aromatic nitrogens is 7. The lowest BCUT2D eigenvalue weighted by Crippen LogP contribution is -2.02. The first kappa shape index (κ1) is 53.7. The maximum Gasteiger partial charge on any atom is 0.198 e. The van der Waals surface area contributed by atoms with Gasteiger partial charge in [0.2, 0.25) is 0 Å². The molecule has 0 bridgehead atoms. The van der Waals surface area contributed by atoms with Gasteiger partial charge in [0.1, 0.15) is 0 Å².